The number of hydrogen-bond donors (Lipinski definition) is 2. The highest BCUT2D eigenvalue weighted by Gasteiger charge is 2.06. The first-order valence-corrected chi connectivity index (χ1v) is 5.86. The second-order valence-corrected chi connectivity index (χ2v) is 4.19. The number of fused-ring (bicyclic) bond motifs is 1. The van der Waals surface area contributed by atoms with Crippen molar-refractivity contribution in [3.05, 3.63) is 54.5 Å². The molecule has 0 spiro atoms. The molecule has 2 aromatic heterocycles. The van der Waals surface area contributed by atoms with E-state index in [4.69, 9.17) is 10.5 Å². The zero-order valence-corrected chi connectivity index (χ0v) is 10.2. The van der Waals surface area contributed by atoms with Crippen molar-refractivity contribution in [1.82, 2.24) is 9.38 Å². The van der Waals surface area contributed by atoms with Crippen molar-refractivity contribution in [2.24, 2.45) is 0 Å². The van der Waals surface area contributed by atoms with Gasteiger partial charge in [-0.15, -0.1) is 0 Å². The van der Waals surface area contributed by atoms with Crippen molar-refractivity contribution in [3.8, 4) is 11.5 Å². The fraction of sp³-hybridized carbons (Fsp3) is 0.0714. The highest BCUT2D eigenvalue weighted by Crippen LogP contribution is 2.18. The monoisotopic (exact) mass is 255 g/mol. The number of imidazole rings is 1. The Morgan fingerprint density at radius 2 is 2.00 bits per heavy atom. The van der Waals surface area contributed by atoms with E-state index in [1.807, 2.05) is 22.7 Å². The number of benzene rings is 1. The lowest BCUT2D eigenvalue weighted by atomic mass is 10.3. The Labute approximate surface area is 109 Å². The van der Waals surface area contributed by atoms with Gasteiger partial charge in [0.15, 0.2) is 5.65 Å². The van der Waals surface area contributed by atoms with Gasteiger partial charge in [-0.2, -0.15) is 0 Å². The van der Waals surface area contributed by atoms with Gasteiger partial charge in [0.2, 0.25) is 0 Å². The van der Waals surface area contributed by atoms with Gasteiger partial charge >= 0.3 is 0 Å². The Morgan fingerprint density at radius 1 is 1.21 bits per heavy atom. The molecule has 0 saturated heterocycles. The SMILES string of the molecule is Nc1cccn2c(COc3ccc(O)cc3)cnc12. The maximum atomic E-state index is 9.20. The summed E-state index contributed by atoms with van der Waals surface area (Å²) in [6, 6.07) is 10.3. The first kappa shape index (κ1) is 11.4. The van der Waals surface area contributed by atoms with Gasteiger partial charge in [-0.05, 0) is 36.4 Å². The molecule has 0 aliphatic carbocycles. The normalized spacial score (nSPS) is 10.7. The average Bonchev–Trinajstić information content (AvgIpc) is 2.83. The van der Waals surface area contributed by atoms with Crippen LogP contribution in [-0.2, 0) is 6.61 Å². The molecule has 3 aromatic rings. The molecule has 0 unspecified atom stereocenters. The molecule has 96 valence electrons. The van der Waals surface area contributed by atoms with E-state index in [1.54, 1.807) is 30.5 Å². The molecule has 0 fully saturated rings. The van der Waals surface area contributed by atoms with Crippen LogP contribution < -0.4 is 10.5 Å². The predicted octanol–water partition coefficient (Wildman–Crippen LogP) is 2.20. The summed E-state index contributed by atoms with van der Waals surface area (Å²) in [6.45, 7) is 0.384. The van der Waals surface area contributed by atoms with E-state index >= 15 is 0 Å². The van der Waals surface area contributed by atoms with E-state index in [-0.39, 0.29) is 5.75 Å². The van der Waals surface area contributed by atoms with Gasteiger partial charge in [0, 0.05) is 6.20 Å². The van der Waals surface area contributed by atoms with Crippen molar-refractivity contribution in [2.45, 2.75) is 6.61 Å². The minimum Gasteiger partial charge on any atom is -0.508 e. The third-order valence-corrected chi connectivity index (χ3v) is 2.87. The van der Waals surface area contributed by atoms with Crippen molar-refractivity contribution in [3.63, 3.8) is 0 Å². The first-order chi connectivity index (χ1) is 9.24. The Hall–Kier alpha value is -2.69. The number of phenolic OH excluding ortho intramolecular Hbond substituents is 1. The van der Waals surface area contributed by atoms with E-state index in [0.29, 0.717) is 18.0 Å². The summed E-state index contributed by atoms with van der Waals surface area (Å²) >= 11 is 0. The topological polar surface area (TPSA) is 72.8 Å². The second kappa shape index (κ2) is 4.53. The number of aromatic nitrogens is 2. The third-order valence-electron chi connectivity index (χ3n) is 2.87. The highest BCUT2D eigenvalue weighted by atomic mass is 16.5. The van der Waals surface area contributed by atoms with Gasteiger partial charge in [0.25, 0.3) is 0 Å². The van der Waals surface area contributed by atoms with Crippen LogP contribution in [0.5, 0.6) is 11.5 Å². The molecule has 2 heterocycles. The summed E-state index contributed by atoms with van der Waals surface area (Å²) in [4.78, 5) is 4.26. The van der Waals surface area contributed by atoms with Crippen LogP contribution in [0.1, 0.15) is 5.69 Å². The van der Waals surface area contributed by atoms with E-state index in [0.717, 1.165) is 11.3 Å². The van der Waals surface area contributed by atoms with Crippen LogP contribution >= 0.6 is 0 Å². The molecule has 0 atom stereocenters. The average molecular weight is 255 g/mol. The second-order valence-electron chi connectivity index (χ2n) is 4.19. The molecule has 0 saturated carbocycles. The van der Waals surface area contributed by atoms with E-state index in [2.05, 4.69) is 4.98 Å². The van der Waals surface area contributed by atoms with Crippen molar-refractivity contribution < 1.29 is 9.84 Å². The molecule has 1 aromatic carbocycles. The lowest BCUT2D eigenvalue weighted by molar-refractivity contribution is 0.300. The molecular formula is C14H13N3O2. The molecule has 0 radical (unpaired) electrons. The third kappa shape index (κ3) is 2.18. The Bertz CT molecular complexity index is 704. The van der Waals surface area contributed by atoms with Crippen LogP contribution in [0.15, 0.2) is 48.8 Å². The summed E-state index contributed by atoms with van der Waals surface area (Å²) in [7, 11) is 0. The maximum Gasteiger partial charge on any atom is 0.160 e. The largest absolute Gasteiger partial charge is 0.508 e. The molecule has 5 heteroatoms. The number of pyridine rings is 1. The fourth-order valence-electron chi connectivity index (χ4n) is 1.89. The summed E-state index contributed by atoms with van der Waals surface area (Å²) in [5.74, 6) is 0.909. The predicted molar refractivity (Wildman–Crippen MR) is 72.0 cm³/mol. The number of nitrogens with two attached hydrogens (primary N) is 1. The van der Waals surface area contributed by atoms with Crippen LogP contribution in [-0.4, -0.2) is 14.5 Å². The van der Waals surface area contributed by atoms with Crippen LogP contribution in [0.2, 0.25) is 0 Å². The Balaban J connectivity index is 1.82. The number of rotatable bonds is 3. The number of aromatic hydroxyl groups is 1. The van der Waals surface area contributed by atoms with Gasteiger partial charge in [-0.3, -0.25) is 4.40 Å². The van der Waals surface area contributed by atoms with Gasteiger partial charge in [-0.1, -0.05) is 0 Å². The minimum atomic E-state index is 0.218. The Kier molecular flexibility index (Phi) is 2.72. The molecule has 0 bridgehead atoms. The van der Waals surface area contributed by atoms with E-state index in [9.17, 15) is 5.11 Å². The van der Waals surface area contributed by atoms with Crippen molar-refractivity contribution >= 4 is 11.3 Å². The molecule has 19 heavy (non-hydrogen) atoms. The van der Waals surface area contributed by atoms with Gasteiger partial charge in [0.1, 0.15) is 18.1 Å². The smallest absolute Gasteiger partial charge is 0.160 e. The van der Waals surface area contributed by atoms with Crippen molar-refractivity contribution in [2.75, 3.05) is 5.73 Å². The minimum absolute atomic E-state index is 0.218. The zero-order valence-electron chi connectivity index (χ0n) is 10.2. The van der Waals surface area contributed by atoms with Crippen molar-refractivity contribution in [1.29, 1.82) is 0 Å². The zero-order chi connectivity index (χ0) is 13.2. The van der Waals surface area contributed by atoms with E-state index in [1.165, 1.54) is 0 Å². The molecule has 0 aliphatic heterocycles. The van der Waals surface area contributed by atoms with Crippen LogP contribution in [0.25, 0.3) is 5.65 Å². The van der Waals surface area contributed by atoms with Gasteiger partial charge in [0.05, 0.1) is 17.6 Å². The molecule has 3 N–H and O–H groups in total. The standard InChI is InChI=1S/C14H13N3O2/c15-13-2-1-7-17-10(8-16-14(13)17)9-19-12-5-3-11(18)4-6-12/h1-8,18H,9,15H2. The maximum absolute atomic E-state index is 9.20. The van der Waals surface area contributed by atoms with Crippen LogP contribution in [0.4, 0.5) is 5.69 Å². The number of nitrogen functional groups attached to an aromatic ring is 1. The van der Waals surface area contributed by atoms with Gasteiger partial charge in [-0.25, -0.2) is 4.98 Å². The summed E-state index contributed by atoms with van der Waals surface area (Å²) < 4.78 is 7.54. The molecule has 0 amide bonds. The lowest BCUT2D eigenvalue weighted by Gasteiger charge is -2.06. The number of hydrogen-bond acceptors (Lipinski definition) is 4. The molecule has 0 aliphatic rings. The molecule has 3 rings (SSSR count). The highest BCUT2D eigenvalue weighted by molar-refractivity contribution is 5.64. The van der Waals surface area contributed by atoms with E-state index < -0.39 is 0 Å². The summed E-state index contributed by atoms with van der Waals surface area (Å²) in [5, 5.41) is 9.20. The summed E-state index contributed by atoms with van der Waals surface area (Å²) in [5.41, 5.74) is 8.12. The quantitative estimate of drug-likeness (QED) is 0.752. The molecular weight excluding hydrogens is 242 g/mol. The Morgan fingerprint density at radius 3 is 2.79 bits per heavy atom. The summed E-state index contributed by atoms with van der Waals surface area (Å²) in [6.07, 6.45) is 3.64. The number of nitrogens with zero attached hydrogens (tertiary/aromatic N) is 2. The lowest BCUT2D eigenvalue weighted by Crippen LogP contribution is -2.00. The number of ether oxygens (including phenoxy) is 1. The number of phenols is 1. The van der Waals surface area contributed by atoms with Gasteiger partial charge < -0.3 is 15.6 Å². The first-order valence-electron chi connectivity index (χ1n) is 5.86. The molecule has 5 nitrogen and oxygen atoms in total. The van der Waals surface area contributed by atoms with Crippen LogP contribution in [0.3, 0.4) is 0 Å². The number of anilines is 1. The van der Waals surface area contributed by atoms with Crippen LogP contribution in [0, 0.1) is 0 Å². The fourth-order valence-corrected chi connectivity index (χ4v) is 1.89.